The van der Waals surface area contributed by atoms with Crippen LogP contribution in [0.1, 0.15) is 54.9 Å². The van der Waals surface area contributed by atoms with Crippen LogP contribution >= 0.6 is 11.3 Å². The third-order valence-corrected chi connectivity index (χ3v) is 7.68. The van der Waals surface area contributed by atoms with Gasteiger partial charge >= 0.3 is 5.97 Å². The van der Waals surface area contributed by atoms with Gasteiger partial charge in [-0.2, -0.15) is 0 Å². The van der Waals surface area contributed by atoms with Gasteiger partial charge in [-0.05, 0) is 51.2 Å². The Morgan fingerprint density at radius 1 is 1.28 bits per heavy atom. The molecule has 5 heterocycles. The fraction of sp³-hybridized carbons (Fsp3) is 0.500. The number of thiazole rings is 1. The molecule has 0 amide bonds. The van der Waals surface area contributed by atoms with Crippen molar-refractivity contribution in [1.29, 1.82) is 0 Å². The van der Waals surface area contributed by atoms with Crippen molar-refractivity contribution in [1.82, 2.24) is 14.5 Å². The molecule has 0 radical (unpaired) electrons. The quantitative estimate of drug-likeness (QED) is 0.423. The number of hydrogen-bond donors (Lipinski definition) is 0. The van der Waals surface area contributed by atoms with Crippen molar-refractivity contribution in [2.24, 2.45) is 5.92 Å². The Bertz CT molecular complexity index is 1320. The van der Waals surface area contributed by atoms with Gasteiger partial charge in [0.2, 0.25) is 5.43 Å². The second kappa shape index (κ2) is 10.5. The third kappa shape index (κ3) is 4.79. The summed E-state index contributed by atoms with van der Waals surface area (Å²) in [5.74, 6) is 0.296. The average molecular weight is 511 g/mol. The lowest BCUT2D eigenvalue weighted by molar-refractivity contribution is -0.124. The maximum atomic E-state index is 13.3. The molecular formula is C26H30N4O5S. The zero-order valence-electron chi connectivity index (χ0n) is 20.6. The lowest BCUT2D eigenvalue weighted by Gasteiger charge is -2.39. The van der Waals surface area contributed by atoms with Gasteiger partial charge in [-0.1, -0.05) is 0 Å². The van der Waals surface area contributed by atoms with Crippen molar-refractivity contribution in [3.8, 4) is 5.13 Å². The van der Waals surface area contributed by atoms with E-state index in [1.165, 1.54) is 24.0 Å². The van der Waals surface area contributed by atoms with Crippen molar-refractivity contribution in [2.45, 2.75) is 52.1 Å². The van der Waals surface area contributed by atoms with Gasteiger partial charge in [0.15, 0.2) is 10.8 Å². The molecule has 3 aromatic rings. The highest BCUT2D eigenvalue weighted by atomic mass is 32.1. The molecule has 0 aromatic carbocycles. The topological polar surface area (TPSA) is 104 Å². The summed E-state index contributed by atoms with van der Waals surface area (Å²) in [6, 6.07) is 1.85. The van der Waals surface area contributed by atoms with Crippen LogP contribution in [-0.4, -0.2) is 58.7 Å². The number of rotatable bonds is 8. The Hall–Kier alpha value is -3.11. The van der Waals surface area contributed by atoms with Crippen LogP contribution in [0.3, 0.4) is 0 Å². The van der Waals surface area contributed by atoms with E-state index in [9.17, 15) is 14.4 Å². The lowest BCUT2D eigenvalue weighted by atomic mass is 9.90. The number of aromatic nitrogens is 3. The van der Waals surface area contributed by atoms with E-state index in [1.54, 1.807) is 17.7 Å². The van der Waals surface area contributed by atoms with Crippen LogP contribution < -0.4 is 10.3 Å². The van der Waals surface area contributed by atoms with Crippen LogP contribution in [0.15, 0.2) is 28.6 Å². The van der Waals surface area contributed by atoms with Crippen LogP contribution in [0.5, 0.6) is 0 Å². The minimum atomic E-state index is -0.666. The molecular weight excluding hydrogens is 480 g/mol. The van der Waals surface area contributed by atoms with E-state index in [0.717, 1.165) is 25.9 Å². The number of aryl methyl sites for hydroxylation is 1. The zero-order chi connectivity index (χ0) is 25.2. The lowest BCUT2D eigenvalue weighted by Crippen LogP contribution is -2.51. The number of Topliss-reactive ketones (excluding diaryl/α,β-unsaturated/α-hetero) is 1. The zero-order valence-corrected chi connectivity index (χ0v) is 21.4. The first-order chi connectivity index (χ1) is 17.5. The molecule has 0 saturated carbocycles. The van der Waals surface area contributed by atoms with E-state index in [0.29, 0.717) is 47.1 Å². The highest BCUT2D eigenvalue weighted by molar-refractivity contribution is 7.12. The van der Waals surface area contributed by atoms with Crippen LogP contribution in [0.4, 0.5) is 5.82 Å². The maximum absolute atomic E-state index is 13.3. The van der Waals surface area contributed by atoms with E-state index in [2.05, 4.69) is 9.88 Å². The molecule has 2 fully saturated rings. The van der Waals surface area contributed by atoms with Crippen LogP contribution in [0.25, 0.3) is 16.2 Å². The third-order valence-electron chi connectivity index (χ3n) is 6.91. The SMILES string of the molecule is CCOC(=O)c1cn(-c2nccs2)c2nc(N3CC(C(=O)CCC4CCCCO4)C3)cc(C)c2c1=O. The van der Waals surface area contributed by atoms with E-state index in [1.807, 2.05) is 18.4 Å². The van der Waals surface area contributed by atoms with Gasteiger partial charge in [-0.15, -0.1) is 11.3 Å². The highest BCUT2D eigenvalue weighted by Crippen LogP contribution is 2.30. The van der Waals surface area contributed by atoms with Crippen molar-refractivity contribution in [3.05, 3.63) is 45.2 Å². The molecule has 0 bridgehead atoms. The maximum Gasteiger partial charge on any atom is 0.343 e. The second-order valence-corrected chi connectivity index (χ2v) is 10.2. The molecule has 1 unspecified atom stereocenters. The van der Waals surface area contributed by atoms with Crippen molar-refractivity contribution >= 4 is 39.9 Å². The number of anilines is 1. The minimum Gasteiger partial charge on any atom is -0.462 e. The summed E-state index contributed by atoms with van der Waals surface area (Å²) in [5.41, 5.74) is 0.686. The summed E-state index contributed by atoms with van der Waals surface area (Å²) in [5, 5.41) is 2.78. The van der Waals surface area contributed by atoms with E-state index >= 15 is 0 Å². The smallest absolute Gasteiger partial charge is 0.343 e. The molecule has 1 atom stereocenters. The first kappa shape index (κ1) is 24.6. The molecule has 5 rings (SSSR count). The van der Waals surface area contributed by atoms with E-state index < -0.39 is 11.4 Å². The summed E-state index contributed by atoms with van der Waals surface area (Å²) >= 11 is 1.38. The van der Waals surface area contributed by atoms with Crippen molar-refractivity contribution in [2.75, 3.05) is 31.2 Å². The number of ketones is 1. The Kier molecular flexibility index (Phi) is 7.15. The Balaban J connectivity index is 1.39. The van der Waals surface area contributed by atoms with E-state index in [4.69, 9.17) is 14.5 Å². The van der Waals surface area contributed by atoms with Gasteiger partial charge in [-0.3, -0.25) is 14.2 Å². The summed E-state index contributed by atoms with van der Waals surface area (Å²) in [4.78, 5) is 49.7. The van der Waals surface area contributed by atoms with Crippen LogP contribution in [0, 0.1) is 12.8 Å². The number of esters is 1. The van der Waals surface area contributed by atoms with Gasteiger partial charge in [0.05, 0.1) is 24.0 Å². The predicted octanol–water partition coefficient (Wildman–Crippen LogP) is 3.68. The van der Waals surface area contributed by atoms with Gasteiger partial charge in [0, 0.05) is 43.9 Å². The monoisotopic (exact) mass is 510 g/mol. The van der Waals surface area contributed by atoms with Gasteiger partial charge in [0.1, 0.15) is 17.2 Å². The molecule has 3 aromatic heterocycles. The van der Waals surface area contributed by atoms with Crippen LogP contribution in [-0.2, 0) is 14.3 Å². The summed E-state index contributed by atoms with van der Waals surface area (Å²) in [7, 11) is 0. The fourth-order valence-electron chi connectivity index (χ4n) is 4.89. The Morgan fingerprint density at radius 3 is 2.81 bits per heavy atom. The number of carbonyl (C=O) groups is 2. The predicted molar refractivity (Wildman–Crippen MR) is 137 cm³/mol. The standard InChI is InChI=1S/C26H30N4O5S/c1-3-34-25(33)19-15-30(26-27-9-11-36-26)24-22(23(19)32)16(2)12-21(28-24)29-13-17(14-29)20(31)8-7-18-6-4-5-10-35-18/h9,11-12,15,17-18H,3-8,10,13-14H2,1-2H3. The molecule has 190 valence electrons. The van der Waals surface area contributed by atoms with Gasteiger partial charge < -0.3 is 14.4 Å². The molecule has 36 heavy (non-hydrogen) atoms. The van der Waals surface area contributed by atoms with Gasteiger partial charge in [0.25, 0.3) is 0 Å². The molecule has 9 nitrogen and oxygen atoms in total. The largest absolute Gasteiger partial charge is 0.462 e. The minimum absolute atomic E-state index is 0.0151. The Labute approximate surface area is 213 Å². The number of ether oxygens (including phenoxy) is 2. The number of carbonyl (C=O) groups excluding carboxylic acids is 2. The Morgan fingerprint density at radius 2 is 2.11 bits per heavy atom. The number of fused-ring (bicyclic) bond motifs is 1. The van der Waals surface area contributed by atoms with E-state index in [-0.39, 0.29) is 30.0 Å². The van der Waals surface area contributed by atoms with Crippen molar-refractivity contribution in [3.63, 3.8) is 0 Å². The molecule has 2 aliphatic heterocycles. The number of nitrogens with zero attached hydrogens (tertiary/aromatic N) is 4. The summed E-state index contributed by atoms with van der Waals surface area (Å²) in [6.45, 7) is 5.72. The van der Waals surface area contributed by atoms with Crippen molar-refractivity contribution < 1.29 is 19.1 Å². The van der Waals surface area contributed by atoms with Gasteiger partial charge in [-0.25, -0.2) is 14.8 Å². The second-order valence-electron chi connectivity index (χ2n) is 9.37. The average Bonchev–Trinajstić information content (AvgIpc) is 3.37. The molecule has 2 saturated heterocycles. The summed E-state index contributed by atoms with van der Waals surface area (Å²) < 4.78 is 12.5. The molecule has 2 aliphatic rings. The molecule has 0 spiro atoms. The normalized spacial score (nSPS) is 18.3. The first-order valence-corrected chi connectivity index (χ1v) is 13.4. The number of pyridine rings is 2. The molecule has 10 heteroatoms. The molecule has 0 N–H and O–H groups in total. The fourth-order valence-corrected chi connectivity index (χ4v) is 5.50. The van der Waals surface area contributed by atoms with Crippen LogP contribution in [0.2, 0.25) is 0 Å². The first-order valence-electron chi connectivity index (χ1n) is 12.5. The summed E-state index contributed by atoms with van der Waals surface area (Å²) in [6.07, 6.45) is 8.02. The molecule has 0 aliphatic carbocycles. The number of hydrogen-bond acceptors (Lipinski definition) is 9. The highest BCUT2D eigenvalue weighted by Gasteiger charge is 2.34.